The van der Waals surface area contributed by atoms with Gasteiger partial charge < -0.3 is 0 Å². The number of rotatable bonds is 6. The van der Waals surface area contributed by atoms with Gasteiger partial charge in [0.2, 0.25) is 0 Å². The summed E-state index contributed by atoms with van der Waals surface area (Å²) < 4.78 is 0.378. The lowest BCUT2D eigenvalue weighted by molar-refractivity contribution is 0.804. The molecule has 0 saturated carbocycles. The van der Waals surface area contributed by atoms with Crippen LogP contribution in [0.3, 0.4) is 0 Å². The van der Waals surface area contributed by atoms with Crippen LogP contribution >= 0.6 is 33.3 Å². The molecule has 0 aromatic rings. The molecule has 0 spiro atoms. The summed E-state index contributed by atoms with van der Waals surface area (Å²) in [6.45, 7) is 10.4. The van der Waals surface area contributed by atoms with Gasteiger partial charge in [-0.25, -0.2) is 0 Å². The maximum absolute atomic E-state index is 3.66. The average Bonchev–Trinajstić information content (AvgIpc) is 2.01. The highest BCUT2D eigenvalue weighted by Gasteiger charge is 2.07. The molecule has 0 nitrogen and oxygen atoms in total. The molecule has 0 saturated heterocycles. The van der Waals surface area contributed by atoms with Crippen LogP contribution in [0.1, 0.15) is 20.8 Å². The third-order valence-electron chi connectivity index (χ3n) is 1.02. The summed E-state index contributed by atoms with van der Waals surface area (Å²) in [7, 11) is 3.59. The zero-order chi connectivity index (χ0) is 10.2. The van der Waals surface area contributed by atoms with Gasteiger partial charge in [-0.1, -0.05) is 54.5 Å². The van der Waals surface area contributed by atoms with E-state index in [9.17, 15) is 0 Å². The fourth-order valence-corrected chi connectivity index (χ4v) is 2.74. The standard InChI is InChI=1S/C10H18S3/c1-5-7-12-13-9-6-8-11-10(2,3)4/h5-6,9H,1,7-8H2,2-4H3/b9-6+. The van der Waals surface area contributed by atoms with Crippen LogP contribution in [0.4, 0.5) is 0 Å². The molecular formula is C10H18S3. The van der Waals surface area contributed by atoms with Gasteiger partial charge in [0.05, 0.1) is 0 Å². The van der Waals surface area contributed by atoms with E-state index in [1.807, 2.05) is 28.6 Å². The van der Waals surface area contributed by atoms with Gasteiger partial charge in [0.15, 0.2) is 0 Å². The van der Waals surface area contributed by atoms with Crippen molar-refractivity contribution in [2.75, 3.05) is 11.5 Å². The minimum Gasteiger partial charge on any atom is -0.152 e. The lowest BCUT2D eigenvalue weighted by atomic mass is 10.3. The molecule has 0 aromatic heterocycles. The molecule has 0 aromatic carbocycles. The van der Waals surface area contributed by atoms with Crippen molar-refractivity contribution in [3.8, 4) is 0 Å². The number of hydrogen-bond acceptors (Lipinski definition) is 3. The first-order chi connectivity index (χ1) is 6.06. The van der Waals surface area contributed by atoms with Crippen LogP contribution < -0.4 is 0 Å². The van der Waals surface area contributed by atoms with Gasteiger partial charge in [-0.15, -0.1) is 6.58 Å². The normalized spacial score (nSPS) is 12.2. The topological polar surface area (TPSA) is 0 Å². The van der Waals surface area contributed by atoms with Crippen LogP contribution in [-0.2, 0) is 0 Å². The fraction of sp³-hybridized carbons (Fsp3) is 0.600. The van der Waals surface area contributed by atoms with Crippen LogP contribution in [0.2, 0.25) is 0 Å². The van der Waals surface area contributed by atoms with Crippen LogP contribution in [0.15, 0.2) is 24.1 Å². The Morgan fingerprint density at radius 3 is 2.46 bits per heavy atom. The van der Waals surface area contributed by atoms with Crippen LogP contribution in [0, 0.1) is 0 Å². The zero-order valence-corrected chi connectivity index (χ0v) is 11.0. The smallest absolute Gasteiger partial charge is 0.0218 e. The lowest BCUT2D eigenvalue weighted by Crippen LogP contribution is -2.07. The summed E-state index contributed by atoms with van der Waals surface area (Å²) in [5.41, 5.74) is 0. The summed E-state index contributed by atoms with van der Waals surface area (Å²) in [5, 5.41) is 2.16. The highest BCUT2D eigenvalue weighted by Crippen LogP contribution is 2.25. The first-order valence-corrected chi connectivity index (χ1v) is 7.61. The van der Waals surface area contributed by atoms with Gasteiger partial charge >= 0.3 is 0 Å². The van der Waals surface area contributed by atoms with Crippen molar-refractivity contribution in [3.63, 3.8) is 0 Å². The van der Waals surface area contributed by atoms with Gasteiger partial charge in [0, 0.05) is 16.3 Å². The molecule has 0 aliphatic rings. The second-order valence-electron chi connectivity index (χ2n) is 3.46. The Morgan fingerprint density at radius 1 is 1.23 bits per heavy atom. The van der Waals surface area contributed by atoms with Crippen LogP contribution in [-0.4, -0.2) is 16.3 Å². The van der Waals surface area contributed by atoms with Crippen molar-refractivity contribution in [1.82, 2.24) is 0 Å². The predicted octanol–water partition coefficient (Wildman–Crippen LogP) is 4.60. The maximum Gasteiger partial charge on any atom is 0.0218 e. The second kappa shape index (κ2) is 7.89. The first-order valence-electron chi connectivity index (χ1n) is 4.24. The van der Waals surface area contributed by atoms with E-state index in [0.29, 0.717) is 4.75 Å². The molecule has 0 radical (unpaired) electrons. The van der Waals surface area contributed by atoms with E-state index in [0.717, 1.165) is 11.5 Å². The summed E-state index contributed by atoms with van der Waals surface area (Å²) in [5.74, 6) is 2.12. The minimum absolute atomic E-state index is 0.378. The monoisotopic (exact) mass is 234 g/mol. The highest BCUT2D eigenvalue weighted by molar-refractivity contribution is 8.77. The molecule has 3 heteroatoms. The van der Waals surface area contributed by atoms with Crippen LogP contribution in [0.25, 0.3) is 0 Å². The summed E-state index contributed by atoms with van der Waals surface area (Å²) in [4.78, 5) is 0. The lowest BCUT2D eigenvalue weighted by Gasteiger charge is -2.15. The summed E-state index contributed by atoms with van der Waals surface area (Å²) in [6.07, 6.45) is 4.14. The molecule has 0 amide bonds. The summed E-state index contributed by atoms with van der Waals surface area (Å²) >= 11 is 1.97. The third-order valence-corrected chi connectivity index (χ3v) is 4.20. The number of thioether (sulfide) groups is 1. The Balaban J connectivity index is 3.27. The molecule has 0 aliphatic heterocycles. The maximum atomic E-state index is 3.66. The van der Waals surface area contributed by atoms with Crippen molar-refractivity contribution in [2.45, 2.75) is 25.5 Å². The molecule has 0 aliphatic carbocycles. The predicted molar refractivity (Wildman–Crippen MR) is 71.6 cm³/mol. The van der Waals surface area contributed by atoms with Crippen LogP contribution in [0.5, 0.6) is 0 Å². The van der Waals surface area contributed by atoms with E-state index < -0.39 is 0 Å². The molecule has 0 N–H and O–H groups in total. The molecule has 0 atom stereocenters. The number of hydrogen-bond donors (Lipinski definition) is 0. The van der Waals surface area contributed by atoms with Crippen molar-refractivity contribution in [3.05, 3.63) is 24.1 Å². The Hall–Kier alpha value is 0.530. The quantitative estimate of drug-likeness (QED) is 0.374. The zero-order valence-electron chi connectivity index (χ0n) is 8.58. The highest BCUT2D eigenvalue weighted by atomic mass is 33.1. The largest absolute Gasteiger partial charge is 0.152 e. The third kappa shape index (κ3) is 12.5. The second-order valence-corrected chi connectivity index (χ2v) is 7.63. The molecule has 13 heavy (non-hydrogen) atoms. The SMILES string of the molecule is C=CCSS/C=C/CSC(C)(C)C. The molecule has 0 rings (SSSR count). The fourth-order valence-electron chi connectivity index (χ4n) is 0.503. The molecule has 0 bridgehead atoms. The molecule has 76 valence electrons. The van der Waals surface area contributed by atoms with E-state index in [-0.39, 0.29) is 0 Å². The van der Waals surface area contributed by atoms with Gasteiger partial charge in [0.1, 0.15) is 0 Å². The van der Waals surface area contributed by atoms with E-state index >= 15 is 0 Å². The van der Waals surface area contributed by atoms with E-state index in [1.165, 1.54) is 0 Å². The van der Waals surface area contributed by atoms with Gasteiger partial charge in [-0.05, 0) is 5.41 Å². The van der Waals surface area contributed by atoms with E-state index in [1.54, 1.807) is 10.8 Å². The molecular weight excluding hydrogens is 216 g/mol. The molecule has 0 heterocycles. The molecule has 0 fully saturated rings. The molecule has 0 unspecified atom stereocenters. The summed E-state index contributed by atoms with van der Waals surface area (Å²) in [6, 6.07) is 0. The van der Waals surface area contributed by atoms with Crippen molar-refractivity contribution in [1.29, 1.82) is 0 Å². The minimum atomic E-state index is 0.378. The van der Waals surface area contributed by atoms with Gasteiger partial charge in [0.25, 0.3) is 0 Å². The van der Waals surface area contributed by atoms with Crippen molar-refractivity contribution < 1.29 is 0 Å². The Bertz CT molecular complexity index is 156. The van der Waals surface area contributed by atoms with E-state index in [4.69, 9.17) is 0 Å². The Morgan fingerprint density at radius 2 is 1.92 bits per heavy atom. The van der Waals surface area contributed by atoms with Crippen molar-refractivity contribution in [2.24, 2.45) is 0 Å². The average molecular weight is 234 g/mol. The van der Waals surface area contributed by atoms with E-state index in [2.05, 4.69) is 38.8 Å². The van der Waals surface area contributed by atoms with Gasteiger partial charge in [-0.3, -0.25) is 0 Å². The Kier molecular flexibility index (Phi) is 8.21. The first kappa shape index (κ1) is 13.5. The van der Waals surface area contributed by atoms with Gasteiger partial charge in [-0.2, -0.15) is 11.8 Å². The van der Waals surface area contributed by atoms with Crippen molar-refractivity contribution >= 4 is 33.3 Å². The Labute approximate surface area is 94.4 Å².